The molecule has 1 unspecified atom stereocenters. The number of rotatable bonds is 4. The molecule has 7 heteroatoms. The summed E-state index contributed by atoms with van der Waals surface area (Å²) in [6, 6.07) is 0.844. The van der Waals surface area contributed by atoms with Crippen LogP contribution in [0.25, 0.3) is 0 Å². The highest BCUT2D eigenvalue weighted by Crippen LogP contribution is 2.18. The Kier molecular flexibility index (Phi) is 7.15. The molecule has 26 heavy (non-hydrogen) atoms. The van der Waals surface area contributed by atoms with Crippen LogP contribution in [-0.4, -0.2) is 79.3 Å². The van der Waals surface area contributed by atoms with Crippen molar-refractivity contribution in [2.45, 2.75) is 65.1 Å². The zero-order valence-corrected chi connectivity index (χ0v) is 17.3. The highest BCUT2D eigenvalue weighted by molar-refractivity contribution is 5.80. The largest absolute Gasteiger partial charge is 0.444 e. The average Bonchev–Trinajstić information content (AvgIpc) is 2.51. The number of aliphatic imine (C=N–C) groups is 1. The molecule has 0 bridgehead atoms. The maximum Gasteiger partial charge on any atom is 0.410 e. The Bertz CT molecular complexity index is 495. The Hall–Kier alpha value is -1.50. The van der Waals surface area contributed by atoms with Crippen molar-refractivity contribution in [1.82, 2.24) is 20.4 Å². The van der Waals surface area contributed by atoms with Crippen molar-refractivity contribution >= 4 is 12.1 Å². The fourth-order valence-corrected chi connectivity index (χ4v) is 3.41. The van der Waals surface area contributed by atoms with Crippen molar-refractivity contribution in [2.24, 2.45) is 10.9 Å². The van der Waals surface area contributed by atoms with E-state index >= 15 is 0 Å². The van der Waals surface area contributed by atoms with Gasteiger partial charge in [0.2, 0.25) is 0 Å². The van der Waals surface area contributed by atoms with Gasteiger partial charge in [-0.3, -0.25) is 4.99 Å². The second kappa shape index (κ2) is 8.93. The molecule has 0 radical (unpaired) electrons. The molecule has 2 aliphatic rings. The summed E-state index contributed by atoms with van der Waals surface area (Å²) in [5.41, 5.74) is -0.447. The number of nitrogens with one attached hydrogen (secondary N) is 2. The van der Waals surface area contributed by atoms with Gasteiger partial charge in [-0.1, -0.05) is 0 Å². The maximum atomic E-state index is 12.0. The van der Waals surface area contributed by atoms with Gasteiger partial charge in [-0.15, -0.1) is 0 Å². The molecule has 2 rings (SSSR count). The van der Waals surface area contributed by atoms with Crippen LogP contribution in [0.2, 0.25) is 0 Å². The molecular formula is C19H37N5O2. The van der Waals surface area contributed by atoms with Gasteiger partial charge in [-0.05, 0) is 59.9 Å². The molecular weight excluding hydrogens is 330 g/mol. The average molecular weight is 368 g/mol. The van der Waals surface area contributed by atoms with Gasteiger partial charge in [-0.25, -0.2) is 4.79 Å². The van der Waals surface area contributed by atoms with Crippen molar-refractivity contribution in [3.8, 4) is 0 Å². The van der Waals surface area contributed by atoms with Crippen LogP contribution in [-0.2, 0) is 4.74 Å². The molecule has 7 nitrogen and oxygen atoms in total. The van der Waals surface area contributed by atoms with Gasteiger partial charge in [0.15, 0.2) is 5.96 Å². The molecule has 0 aliphatic carbocycles. The van der Waals surface area contributed by atoms with Crippen LogP contribution in [0.5, 0.6) is 0 Å². The predicted octanol–water partition coefficient (Wildman–Crippen LogP) is 1.89. The molecule has 0 spiro atoms. The summed E-state index contributed by atoms with van der Waals surface area (Å²) in [5, 5.41) is 6.86. The van der Waals surface area contributed by atoms with Gasteiger partial charge in [0.25, 0.3) is 0 Å². The van der Waals surface area contributed by atoms with E-state index in [9.17, 15) is 4.79 Å². The van der Waals surface area contributed by atoms with E-state index in [4.69, 9.17) is 4.74 Å². The first kappa shape index (κ1) is 20.8. The number of hydrogen-bond acceptors (Lipinski definition) is 4. The van der Waals surface area contributed by atoms with Crippen molar-refractivity contribution < 1.29 is 9.53 Å². The Labute approximate surface area is 158 Å². The standard InChI is InChI=1S/C19H37N5O2/c1-14(2)23-9-7-8-15(11-23)10-21-17(20-6)22-16-12-24(13-16)18(25)26-19(3,4)5/h14-16H,7-13H2,1-6H3,(H2,20,21,22). The molecule has 0 saturated carbocycles. The van der Waals surface area contributed by atoms with E-state index in [0.29, 0.717) is 25.0 Å². The zero-order valence-electron chi connectivity index (χ0n) is 17.3. The van der Waals surface area contributed by atoms with E-state index in [1.807, 2.05) is 20.8 Å². The fraction of sp³-hybridized carbons (Fsp3) is 0.895. The number of likely N-dealkylation sites (tertiary alicyclic amines) is 2. The molecule has 2 N–H and O–H groups in total. The van der Waals surface area contributed by atoms with Crippen LogP contribution in [0, 0.1) is 5.92 Å². The Balaban J connectivity index is 1.68. The van der Waals surface area contributed by atoms with Crippen LogP contribution >= 0.6 is 0 Å². The van der Waals surface area contributed by atoms with Crippen molar-refractivity contribution in [2.75, 3.05) is 39.8 Å². The van der Waals surface area contributed by atoms with E-state index in [0.717, 1.165) is 19.0 Å². The number of carbonyl (C=O) groups is 1. The van der Waals surface area contributed by atoms with Gasteiger partial charge >= 0.3 is 6.09 Å². The summed E-state index contributed by atoms with van der Waals surface area (Å²) in [4.78, 5) is 20.6. The first-order valence-electron chi connectivity index (χ1n) is 9.87. The maximum absolute atomic E-state index is 12.0. The van der Waals surface area contributed by atoms with Crippen LogP contribution in [0.3, 0.4) is 0 Å². The molecule has 2 aliphatic heterocycles. The summed E-state index contributed by atoms with van der Waals surface area (Å²) >= 11 is 0. The van der Waals surface area contributed by atoms with E-state index in [1.54, 1.807) is 11.9 Å². The lowest BCUT2D eigenvalue weighted by atomic mass is 9.97. The Morgan fingerprint density at radius 3 is 2.54 bits per heavy atom. The second-order valence-corrected chi connectivity index (χ2v) is 8.78. The minimum atomic E-state index is -0.447. The van der Waals surface area contributed by atoms with Gasteiger partial charge in [0.05, 0.1) is 6.04 Å². The zero-order chi connectivity index (χ0) is 19.3. The van der Waals surface area contributed by atoms with E-state index in [2.05, 4.69) is 34.4 Å². The van der Waals surface area contributed by atoms with Gasteiger partial charge in [0, 0.05) is 39.3 Å². The number of carbonyl (C=O) groups excluding carboxylic acids is 1. The Morgan fingerprint density at radius 1 is 1.27 bits per heavy atom. The quantitative estimate of drug-likeness (QED) is 0.587. The molecule has 2 fully saturated rings. The fourth-order valence-electron chi connectivity index (χ4n) is 3.41. The number of nitrogens with zero attached hydrogens (tertiary/aromatic N) is 3. The lowest BCUT2D eigenvalue weighted by Gasteiger charge is -2.40. The van der Waals surface area contributed by atoms with Crippen molar-refractivity contribution in [3.05, 3.63) is 0 Å². The topological polar surface area (TPSA) is 69.2 Å². The highest BCUT2D eigenvalue weighted by atomic mass is 16.6. The van der Waals surface area contributed by atoms with Gasteiger partial charge < -0.3 is 25.2 Å². The monoisotopic (exact) mass is 367 g/mol. The van der Waals surface area contributed by atoms with Crippen LogP contribution in [0.1, 0.15) is 47.5 Å². The molecule has 1 amide bonds. The van der Waals surface area contributed by atoms with Crippen LogP contribution in [0.4, 0.5) is 4.79 Å². The first-order valence-corrected chi connectivity index (χ1v) is 9.87. The van der Waals surface area contributed by atoms with Crippen LogP contribution < -0.4 is 10.6 Å². The third kappa shape index (κ3) is 6.34. The predicted molar refractivity (Wildman–Crippen MR) is 106 cm³/mol. The normalized spacial score (nSPS) is 23.0. The summed E-state index contributed by atoms with van der Waals surface area (Å²) in [6.07, 6.45) is 2.29. The number of amides is 1. The minimum absolute atomic E-state index is 0.229. The molecule has 0 aromatic carbocycles. The summed E-state index contributed by atoms with van der Waals surface area (Å²) in [5.74, 6) is 1.48. The highest BCUT2D eigenvalue weighted by Gasteiger charge is 2.34. The molecule has 1 atom stereocenters. The minimum Gasteiger partial charge on any atom is -0.444 e. The summed E-state index contributed by atoms with van der Waals surface area (Å²) in [6.45, 7) is 14.8. The summed E-state index contributed by atoms with van der Waals surface area (Å²) in [7, 11) is 1.79. The lowest BCUT2D eigenvalue weighted by Crippen LogP contribution is -2.63. The van der Waals surface area contributed by atoms with Crippen molar-refractivity contribution in [1.29, 1.82) is 0 Å². The molecule has 0 aromatic rings. The van der Waals surface area contributed by atoms with Crippen molar-refractivity contribution in [3.63, 3.8) is 0 Å². The van der Waals surface area contributed by atoms with E-state index < -0.39 is 5.60 Å². The lowest BCUT2D eigenvalue weighted by molar-refractivity contribution is 0.00700. The molecule has 0 aromatic heterocycles. The third-order valence-electron chi connectivity index (χ3n) is 4.94. The molecule has 2 saturated heterocycles. The summed E-state index contributed by atoms with van der Waals surface area (Å²) < 4.78 is 5.39. The number of hydrogen-bond donors (Lipinski definition) is 2. The first-order chi connectivity index (χ1) is 12.2. The Morgan fingerprint density at radius 2 is 1.96 bits per heavy atom. The van der Waals surface area contributed by atoms with Gasteiger partial charge in [0.1, 0.15) is 5.60 Å². The van der Waals surface area contributed by atoms with E-state index in [1.165, 1.54) is 19.4 Å². The third-order valence-corrected chi connectivity index (χ3v) is 4.94. The molecule has 150 valence electrons. The smallest absolute Gasteiger partial charge is 0.410 e. The van der Waals surface area contributed by atoms with Crippen LogP contribution in [0.15, 0.2) is 4.99 Å². The second-order valence-electron chi connectivity index (χ2n) is 8.78. The number of piperidine rings is 1. The number of ether oxygens (including phenoxy) is 1. The number of guanidine groups is 1. The molecule has 2 heterocycles. The van der Waals surface area contributed by atoms with E-state index in [-0.39, 0.29) is 12.1 Å². The van der Waals surface area contributed by atoms with Gasteiger partial charge in [-0.2, -0.15) is 0 Å². The SMILES string of the molecule is CN=C(NCC1CCCN(C(C)C)C1)NC1CN(C(=O)OC(C)(C)C)C1.